The third-order valence-electron chi connectivity index (χ3n) is 6.88. The molecule has 226 valence electrons. The van der Waals surface area contributed by atoms with Crippen molar-refractivity contribution in [2.45, 2.75) is 49.3 Å². The van der Waals surface area contributed by atoms with Crippen molar-refractivity contribution in [1.29, 1.82) is 0 Å². The van der Waals surface area contributed by atoms with Gasteiger partial charge in [-0.25, -0.2) is 0 Å². The molecule has 12 nitrogen and oxygen atoms in total. The van der Waals surface area contributed by atoms with Gasteiger partial charge in [0, 0.05) is 12.3 Å². The van der Waals surface area contributed by atoms with Crippen molar-refractivity contribution >= 4 is 54.0 Å². The highest BCUT2D eigenvalue weighted by Crippen LogP contribution is 2.46. The molecule has 0 unspecified atom stereocenters. The van der Waals surface area contributed by atoms with E-state index in [1.54, 1.807) is 30.3 Å². The van der Waals surface area contributed by atoms with E-state index in [9.17, 15) is 35.8 Å². The van der Waals surface area contributed by atoms with E-state index in [1.807, 2.05) is 12.1 Å². The number of phenolic OH excluding ortho intramolecular Hbond substituents is 1. The zero-order chi connectivity index (χ0) is 31.7. The van der Waals surface area contributed by atoms with Gasteiger partial charge in [0.1, 0.15) is 22.0 Å². The molecular weight excluding hydrogens is 598 g/mol. The van der Waals surface area contributed by atoms with Crippen LogP contribution in [0.15, 0.2) is 86.7 Å². The van der Waals surface area contributed by atoms with Gasteiger partial charge in [0.25, 0.3) is 20.2 Å². The van der Waals surface area contributed by atoms with Crippen molar-refractivity contribution in [3.05, 3.63) is 72.3 Å². The fourth-order valence-corrected chi connectivity index (χ4v) is 5.43. The van der Waals surface area contributed by atoms with Gasteiger partial charge in [-0.2, -0.15) is 16.8 Å². The van der Waals surface area contributed by atoms with E-state index in [2.05, 4.69) is 36.3 Å². The van der Waals surface area contributed by atoms with Crippen LogP contribution in [-0.2, 0) is 30.4 Å². The maximum absolute atomic E-state index is 12.3. The number of amides is 1. The zero-order valence-electron chi connectivity index (χ0n) is 23.6. The molecule has 0 heterocycles. The second-order valence-electron chi connectivity index (χ2n) is 10.3. The fraction of sp³-hybridized carbons (Fsp3) is 0.207. The van der Waals surface area contributed by atoms with Crippen LogP contribution in [0.4, 0.5) is 17.1 Å². The number of hydrogen-bond donors (Lipinski definition) is 4. The molecule has 4 aromatic carbocycles. The number of carbonyl (C=O) groups excluding carboxylic acids is 1. The van der Waals surface area contributed by atoms with Crippen molar-refractivity contribution < 1.29 is 40.6 Å². The minimum atomic E-state index is -5.06. The summed E-state index contributed by atoms with van der Waals surface area (Å²) in [5, 5.41) is 21.0. The number of phenols is 1. The molecule has 43 heavy (non-hydrogen) atoms. The third kappa shape index (κ3) is 7.00. The Kier molecular flexibility index (Phi) is 8.60. The molecule has 0 aromatic heterocycles. The number of aromatic hydroxyl groups is 1. The molecule has 0 bridgehead atoms. The van der Waals surface area contributed by atoms with Crippen LogP contribution in [0.5, 0.6) is 17.2 Å². The summed E-state index contributed by atoms with van der Waals surface area (Å²) < 4.78 is 73.7. The van der Waals surface area contributed by atoms with Gasteiger partial charge in [0.05, 0.1) is 10.6 Å². The van der Waals surface area contributed by atoms with E-state index in [4.69, 9.17) is 4.74 Å². The van der Waals surface area contributed by atoms with Crippen LogP contribution in [0, 0.1) is 0 Å². The summed E-state index contributed by atoms with van der Waals surface area (Å²) >= 11 is 0. The fourth-order valence-electron chi connectivity index (χ4n) is 4.23. The predicted molar refractivity (Wildman–Crippen MR) is 160 cm³/mol. The molecule has 4 N–H and O–H groups in total. The number of nitrogens with one attached hydrogen (secondary N) is 1. The summed E-state index contributed by atoms with van der Waals surface area (Å²) in [6.45, 7) is 7.48. The third-order valence-corrected chi connectivity index (χ3v) is 8.58. The van der Waals surface area contributed by atoms with E-state index < -0.39 is 47.4 Å². The van der Waals surface area contributed by atoms with E-state index in [0.717, 1.165) is 37.1 Å². The van der Waals surface area contributed by atoms with E-state index >= 15 is 0 Å². The van der Waals surface area contributed by atoms with Crippen molar-refractivity contribution in [3.8, 4) is 17.2 Å². The van der Waals surface area contributed by atoms with E-state index in [1.165, 1.54) is 6.07 Å². The number of nitrogens with zero attached hydrogens (tertiary/aromatic N) is 2. The van der Waals surface area contributed by atoms with Gasteiger partial charge < -0.3 is 15.2 Å². The quantitative estimate of drug-likeness (QED) is 0.113. The summed E-state index contributed by atoms with van der Waals surface area (Å²) in [5.41, 5.74) is 0.284. The SMILES string of the molecule is CCC(C)(C)c1ccc(Oc2ccccc2N=Nc2c(S(=O)(=O)O)cc3cc(S(=O)(=O)O)cc(NC(C)=O)c3c2O)cc1. The summed E-state index contributed by atoms with van der Waals surface area (Å²) in [6.07, 6.45) is 0.942. The van der Waals surface area contributed by atoms with Gasteiger partial charge >= 0.3 is 0 Å². The van der Waals surface area contributed by atoms with Crippen LogP contribution in [-0.4, -0.2) is 37.0 Å². The molecule has 14 heteroatoms. The van der Waals surface area contributed by atoms with E-state index in [-0.39, 0.29) is 33.3 Å². The highest BCUT2D eigenvalue weighted by molar-refractivity contribution is 7.86. The highest BCUT2D eigenvalue weighted by atomic mass is 32.2. The molecule has 4 rings (SSSR count). The summed E-state index contributed by atoms with van der Waals surface area (Å²) in [5.74, 6) is -0.751. The van der Waals surface area contributed by atoms with Crippen LogP contribution in [0.3, 0.4) is 0 Å². The van der Waals surface area contributed by atoms with Crippen LogP contribution in [0.2, 0.25) is 0 Å². The summed E-state index contributed by atoms with van der Waals surface area (Å²) in [7, 11) is -9.87. The number of anilines is 1. The monoisotopic (exact) mass is 627 g/mol. The van der Waals surface area contributed by atoms with Gasteiger partial charge in [0.2, 0.25) is 5.91 Å². The lowest BCUT2D eigenvalue weighted by molar-refractivity contribution is -0.114. The molecule has 1 amide bonds. The standard InChI is InChI=1S/C29H29N3O9S2/c1-5-29(3,4)19-10-12-20(13-11-19)41-24-9-7-6-8-22(24)31-32-27-25(43(38,39)40)15-18-14-21(42(35,36)37)16-23(30-17(2)33)26(18)28(27)34/h6-16,34H,5H2,1-4H3,(H,30,33)(H,35,36,37)(H,38,39,40). The number of para-hydroxylation sites is 1. The number of azo groups is 1. The highest BCUT2D eigenvalue weighted by Gasteiger charge is 2.26. The topological polar surface area (TPSA) is 192 Å². The maximum atomic E-state index is 12.3. The van der Waals surface area contributed by atoms with E-state index in [0.29, 0.717) is 5.75 Å². The molecule has 0 atom stereocenters. The second-order valence-corrected chi connectivity index (χ2v) is 13.1. The first-order valence-corrected chi connectivity index (χ1v) is 15.7. The molecule has 0 saturated carbocycles. The Morgan fingerprint density at radius 2 is 1.58 bits per heavy atom. The van der Waals surface area contributed by atoms with Crippen molar-refractivity contribution in [1.82, 2.24) is 0 Å². The smallest absolute Gasteiger partial charge is 0.296 e. The number of carbonyl (C=O) groups is 1. The molecule has 0 aliphatic heterocycles. The minimum Gasteiger partial charge on any atom is -0.505 e. The Hall–Kier alpha value is -4.37. The van der Waals surface area contributed by atoms with Gasteiger partial charge in [-0.15, -0.1) is 10.2 Å². The largest absolute Gasteiger partial charge is 0.505 e. The second kappa shape index (κ2) is 11.7. The average Bonchev–Trinajstić information content (AvgIpc) is 2.92. The van der Waals surface area contributed by atoms with Crippen LogP contribution < -0.4 is 10.1 Å². The van der Waals surface area contributed by atoms with Crippen LogP contribution >= 0.6 is 0 Å². The Morgan fingerprint density at radius 1 is 0.930 bits per heavy atom. The predicted octanol–water partition coefficient (Wildman–Crippen LogP) is 6.89. The van der Waals surface area contributed by atoms with Gasteiger partial charge in [-0.05, 0) is 65.3 Å². The van der Waals surface area contributed by atoms with Crippen LogP contribution in [0.25, 0.3) is 10.8 Å². The zero-order valence-corrected chi connectivity index (χ0v) is 25.2. The molecule has 0 radical (unpaired) electrons. The first kappa shape index (κ1) is 31.6. The average molecular weight is 628 g/mol. The van der Waals surface area contributed by atoms with Gasteiger partial charge in [0.15, 0.2) is 11.5 Å². The Morgan fingerprint density at radius 3 is 2.16 bits per heavy atom. The lowest BCUT2D eigenvalue weighted by Gasteiger charge is -2.23. The Balaban J connectivity index is 1.84. The number of ether oxygens (including phenoxy) is 1. The molecular formula is C29H29N3O9S2. The lowest BCUT2D eigenvalue weighted by atomic mass is 9.82. The van der Waals surface area contributed by atoms with Crippen LogP contribution in [0.1, 0.15) is 39.7 Å². The van der Waals surface area contributed by atoms with Crippen molar-refractivity contribution in [2.75, 3.05) is 5.32 Å². The number of hydrogen-bond acceptors (Lipinski definition) is 9. The molecule has 0 saturated heterocycles. The number of benzene rings is 4. The van der Waals surface area contributed by atoms with Gasteiger partial charge in [-0.3, -0.25) is 13.9 Å². The molecule has 0 aliphatic rings. The van der Waals surface area contributed by atoms with Crippen molar-refractivity contribution in [3.63, 3.8) is 0 Å². The normalized spacial score (nSPS) is 12.5. The minimum absolute atomic E-state index is 0.0228. The maximum Gasteiger partial charge on any atom is 0.296 e. The summed E-state index contributed by atoms with van der Waals surface area (Å²) in [4.78, 5) is 10.2. The van der Waals surface area contributed by atoms with Gasteiger partial charge in [-0.1, -0.05) is 45.0 Å². The first-order valence-electron chi connectivity index (χ1n) is 12.9. The summed E-state index contributed by atoms with van der Waals surface area (Å²) in [6, 6.07) is 16.5. The molecule has 0 spiro atoms. The lowest BCUT2D eigenvalue weighted by Crippen LogP contribution is -2.14. The number of fused-ring (bicyclic) bond motifs is 1. The molecule has 0 aliphatic carbocycles. The molecule has 4 aromatic rings. The number of rotatable bonds is 9. The molecule has 0 fully saturated rings. The first-order chi connectivity index (χ1) is 20.0. The van der Waals surface area contributed by atoms with Crippen molar-refractivity contribution in [2.24, 2.45) is 10.2 Å². The Bertz CT molecular complexity index is 1970. The Labute approximate surface area is 248 Å².